The highest BCUT2D eigenvalue weighted by Crippen LogP contribution is 2.28. The van der Waals surface area contributed by atoms with E-state index in [0.717, 1.165) is 19.6 Å². The van der Waals surface area contributed by atoms with Crippen molar-refractivity contribution in [3.05, 3.63) is 35.9 Å². The molecule has 6 nitrogen and oxygen atoms in total. The molecule has 1 amide bonds. The second-order valence-electron chi connectivity index (χ2n) is 6.93. The van der Waals surface area contributed by atoms with Crippen LogP contribution in [0.15, 0.2) is 30.3 Å². The fourth-order valence-corrected chi connectivity index (χ4v) is 5.67. The number of hydrogen-bond acceptors (Lipinski definition) is 5. The third-order valence-corrected chi connectivity index (χ3v) is 6.67. The van der Waals surface area contributed by atoms with Crippen LogP contribution < -0.4 is 0 Å². The van der Waals surface area contributed by atoms with E-state index in [2.05, 4.69) is 21.9 Å². The molecule has 0 spiro atoms. The summed E-state index contributed by atoms with van der Waals surface area (Å²) in [5.41, 5.74) is 1.19. The van der Waals surface area contributed by atoms with Gasteiger partial charge in [0.05, 0.1) is 18.1 Å². The summed E-state index contributed by atoms with van der Waals surface area (Å²) in [5, 5.41) is 0. The molecule has 0 aromatic heterocycles. The first kappa shape index (κ1) is 17.4. The number of likely N-dealkylation sites (N-methyl/N-ethyl adjacent to an activating group) is 1. The van der Waals surface area contributed by atoms with Crippen LogP contribution in [-0.4, -0.2) is 86.3 Å². The maximum Gasteiger partial charge on any atom is 0.236 e. The predicted octanol–water partition coefficient (Wildman–Crippen LogP) is 0.0580. The first-order valence-corrected chi connectivity index (χ1v) is 10.1. The van der Waals surface area contributed by atoms with Gasteiger partial charge in [-0.15, -0.1) is 0 Å². The van der Waals surface area contributed by atoms with Crippen molar-refractivity contribution in [2.75, 3.05) is 45.2 Å². The van der Waals surface area contributed by atoms with Gasteiger partial charge >= 0.3 is 0 Å². The van der Waals surface area contributed by atoms with Crippen molar-refractivity contribution in [3.63, 3.8) is 0 Å². The van der Waals surface area contributed by atoms with Crippen LogP contribution in [-0.2, 0) is 21.2 Å². The van der Waals surface area contributed by atoms with Crippen molar-refractivity contribution in [3.8, 4) is 0 Å². The molecule has 2 saturated heterocycles. The smallest absolute Gasteiger partial charge is 0.236 e. The highest BCUT2D eigenvalue weighted by molar-refractivity contribution is 7.91. The van der Waals surface area contributed by atoms with Crippen LogP contribution in [0.25, 0.3) is 0 Å². The molecule has 0 aliphatic carbocycles. The van der Waals surface area contributed by atoms with Crippen molar-refractivity contribution < 1.29 is 13.2 Å². The van der Waals surface area contributed by atoms with E-state index in [1.54, 1.807) is 19.0 Å². The van der Waals surface area contributed by atoms with Gasteiger partial charge in [-0.05, 0) is 5.56 Å². The van der Waals surface area contributed by atoms with Crippen molar-refractivity contribution >= 4 is 15.7 Å². The molecule has 7 heteroatoms. The summed E-state index contributed by atoms with van der Waals surface area (Å²) in [5.74, 6) is 0.371. The second kappa shape index (κ2) is 6.82. The number of amides is 1. The highest BCUT2D eigenvalue weighted by atomic mass is 32.2. The Balaban J connectivity index is 1.76. The summed E-state index contributed by atoms with van der Waals surface area (Å²) >= 11 is 0. The summed E-state index contributed by atoms with van der Waals surface area (Å²) in [6.07, 6.45) is 0. The number of nitrogens with zero attached hydrogens (tertiary/aromatic N) is 3. The van der Waals surface area contributed by atoms with Gasteiger partial charge in [0.2, 0.25) is 5.91 Å². The van der Waals surface area contributed by atoms with E-state index in [9.17, 15) is 13.2 Å². The minimum atomic E-state index is -3.05. The molecule has 0 radical (unpaired) electrons. The Bertz CT molecular complexity index is 690. The molecule has 2 fully saturated rings. The zero-order chi connectivity index (χ0) is 17.3. The van der Waals surface area contributed by atoms with Crippen LogP contribution in [0.1, 0.15) is 5.56 Å². The number of benzene rings is 1. The summed E-state index contributed by atoms with van der Waals surface area (Å²) in [6, 6.07) is 10.0. The highest BCUT2D eigenvalue weighted by Gasteiger charge is 2.46. The first-order valence-electron chi connectivity index (χ1n) is 8.28. The zero-order valence-electron chi connectivity index (χ0n) is 14.3. The third kappa shape index (κ3) is 3.79. The molecule has 1 aromatic rings. The normalized spacial score (nSPS) is 26.9. The molecule has 0 bridgehead atoms. The number of piperazine rings is 1. The number of carbonyl (C=O) groups is 1. The fourth-order valence-electron chi connectivity index (χ4n) is 3.62. The number of fused-ring (bicyclic) bond motifs is 1. The van der Waals surface area contributed by atoms with Gasteiger partial charge < -0.3 is 4.90 Å². The van der Waals surface area contributed by atoms with Crippen LogP contribution in [0.2, 0.25) is 0 Å². The van der Waals surface area contributed by atoms with E-state index in [4.69, 9.17) is 0 Å². The van der Waals surface area contributed by atoms with Gasteiger partial charge in [0.15, 0.2) is 9.84 Å². The van der Waals surface area contributed by atoms with Crippen LogP contribution in [0.3, 0.4) is 0 Å². The summed E-state index contributed by atoms with van der Waals surface area (Å²) in [7, 11) is 0.415. The average molecular weight is 351 g/mol. The van der Waals surface area contributed by atoms with Crippen LogP contribution in [0, 0.1) is 0 Å². The molecular formula is C17H25N3O3S. The monoisotopic (exact) mass is 351 g/mol. The topological polar surface area (TPSA) is 60.9 Å². The predicted molar refractivity (Wildman–Crippen MR) is 93.3 cm³/mol. The number of carbonyl (C=O) groups excluding carboxylic acids is 1. The molecule has 3 rings (SSSR count). The van der Waals surface area contributed by atoms with E-state index < -0.39 is 9.84 Å². The Kier molecular flexibility index (Phi) is 4.94. The second-order valence-corrected chi connectivity index (χ2v) is 9.08. The standard InChI is InChI=1S/C17H25N3O3S/c1-18(2)17(21)11-20-9-8-19(10-14-6-4-3-5-7-14)15-12-24(22,23)13-16(15)20/h3-7,15-16H,8-13H2,1-2H3. The van der Waals surface area contributed by atoms with E-state index in [1.165, 1.54) is 5.56 Å². The van der Waals surface area contributed by atoms with E-state index >= 15 is 0 Å². The first-order chi connectivity index (χ1) is 11.4. The lowest BCUT2D eigenvalue weighted by molar-refractivity contribution is -0.131. The van der Waals surface area contributed by atoms with Crippen LogP contribution >= 0.6 is 0 Å². The maximum atomic E-state index is 12.2. The molecule has 2 aliphatic heterocycles. The largest absolute Gasteiger partial charge is 0.348 e. The van der Waals surface area contributed by atoms with Gasteiger partial charge in [-0.25, -0.2) is 8.42 Å². The van der Waals surface area contributed by atoms with Gasteiger partial charge in [0, 0.05) is 45.8 Å². The van der Waals surface area contributed by atoms with Gasteiger partial charge in [-0.2, -0.15) is 0 Å². The molecule has 2 heterocycles. The quantitative estimate of drug-likeness (QED) is 0.768. The van der Waals surface area contributed by atoms with Crippen molar-refractivity contribution in [1.29, 1.82) is 0 Å². The lowest BCUT2D eigenvalue weighted by Crippen LogP contribution is -2.60. The van der Waals surface area contributed by atoms with Gasteiger partial charge in [-0.1, -0.05) is 30.3 Å². The number of rotatable bonds is 4. The van der Waals surface area contributed by atoms with E-state index in [-0.39, 0.29) is 29.5 Å². The molecule has 132 valence electrons. The van der Waals surface area contributed by atoms with Crippen molar-refractivity contribution in [2.45, 2.75) is 18.6 Å². The Labute approximate surface area is 144 Å². The molecule has 2 unspecified atom stereocenters. The summed E-state index contributed by atoms with van der Waals surface area (Å²) < 4.78 is 24.4. The zero-order valence-corrected chi connectivity index (χ0v) is 15.1. The molecule has 0 N–H and O–H groups in total. The molecule has 24 heavy (non-hydrogen) atoms. The SMILES string of the molecule is CN(C)C(=O)CN1CCN(Cc2ccccc2)C2CS(=O)(=O)CC21. The molecule has 2 atom stereocenters. The third-order valence-electron chi connectivity index (χ3n) is 4.97. The Hall–Kier alpha value is -1.44. The Morgan fingerprint density at radius 1 is 1.08 bits per heavy atom. The van der Waals surface area contributed by atoms with Crippen LogP contribution in [0.5, 0.6) is 0 Å². The molecular weight excluding hydrogens is 326 g/mol. The van der Waals surface area contributed by atoms with Crippen molar-refractivity contribution in [1.82, 2.24) is 14.7 Å². The minimum absolute atomic E-state index is 0.0227. The molecule has 0 saturated carbocycles. The Morgan fingerprint density at radius 3 is 2.29 bits per heavy atom. The molecule has 1 aromatic carbocycles. The van der Waals surface area contributed by atoms with E-state index in [0.29, 0.717) is 6.54 Å². The van der Waals surface area contributed by atoms with Gasteiger partial charge in [0.1, 0.15) is 0 Å². The van der Waals surface area contributed by atoms with Crippen molar-refractivity contribution in [2.24, 2.45) is 0 Å². The van der Waals surface area contributed by atoms with E-state index in [1.807, 2.05) is 18.2 Å². The van der Waals surface area contributed by atoms with Gasteiger partial charge in [-0.3, -0.25) is 14.6 Å². The number of sulfone groups is 1. The number of hydrogen-bond donors (Lipinski definition) is 0. The minimum Gasteiger partial charge on any atom is -0.348 e. The molecule has 2 aliphatic rings. The van der Waals surface area contributed by atoms with Gasteiger partial charge in [0.25, 0.3) is 0 Å². The summed E-state index contributed by atoms with van der Waals surface area (Å²) in [4.78, 5) is 17.9. The fraction of sp³-hybridized carbons (Fsp3) is 0.588. The summed E-state index contributed by atoms with van der Waals surface area (Å²) in [6.45, 7) is 2.56. The average Bonchev–Trinajstić information content (AvgIpc) is 2.86. The lowest BCUT2D eigenvalue weighted by atomic mass is 10.0. The lowest BCUT2D eigenvalue weighted by Gasteiger charge is -2.43. The Morgan fingerprint density at radius 2 is 1.67 bits per heavy atom. The maximum absolute atomic E-state index is 12.2. The van der Waals surface area contributed by atoms with Crippen LogP contribution in [0.4, 0.5) is 0 Å².